The molecule has 3 N–H and O–H groups in total. The van der Waals surface area contributed by atoms with Crippen LogP contribution in [0.4, 0.5) is 4.79 Å². The fourth-order valence-corrected chi connectivity index (χ4v) is 2.65. The van der Waals surface area contributed by atoms with Gasteiger partial charge in [0.1, 0.15) is 6.04 Å². The molecular weight excluding hydrogens is 276 g/mol. The summed E-state index contributed by atoms with van der Waals surface area (Å²) in [7, 11) is 1.71. The van der Waals surface area contributed by atoms with Gasteiger partial charge in [0.15, 0.2) is 0 Å². The molecule has 1 aromatic heterocycles. The average Bonchev–Trinajstić information content (AvgIpc) is 2.69. The second-order valence-corrected chi connectivity index (χ2v) is 7.17. The van der Waals surface area contributed by atoms with Crippen molar-refractivity contribution in [3.63, 3.8) is 0 Å². The summed E-state index contributed by atoms with van der Waals surface area (Å²) in [5.41, 5.74) is 4.74. The Morgan fingerprint density at radius 3 is 2.50 bits per heavy atom. The standard InChI is InChI=1S/C13H22N4O2S/c1-8-15-6-9(20-8)7-17(5)11(18)10(13(2,3)4)16-12(14)19/h6,10H,7H2,1-5H3,(H3,14,16,19)/t10-/m0/s1. The van der Waals surface area contributed by atoms with Gasteiger partial charge in [-0.2, -0.15) is 0 Å². The Morgan fingerprint density at radius 1 is 1.50 bits per heavy atom. The van der Waals surface area contributed by atoms with Crippen molar-refractivity contribution in [1.82, 2.24) is 15.2 Å². The number of nitrogens with zero attached hydrogens (tertiary/aromatic N) is 2. The van der Waals surface area contributed by atoms with Gasteiger partial charge in [0.2, 0.25) is 5.91 Å². The quantitative estimate of drug-likeness (QED) is 0.882. The first-order valence-electron chi connectivity index (χ1n) is 6.33. The average molecular weight is 298 g/mol. The predicted octanol–water partition coefficient (Wildman–Crippen LogP) is 1.49. The number of primary amides is 1. The molecule has 0 radical (unpaired) electrons. The van der Waals surface area contributed by atoms with Gasteiger partial charge in [-0.05, 0) is 12.3 Å². The van der Waals surface area contributed by atoms with Crippen LogP contribution in [0, 0.1) is 12.3 Å². The van der Waals surface area contributed by atoms with E-state index in [1.54, 1.807) is 29.5 Å². The van der Waals surface area contributed by atoms with Crippen LogP contribution >= 0.6 is 11.3 Å². The lowest BCUT2D eigenvalue weighted by molar-refractivity contribution is -0.134. The Bertz CT molecular complexity index is 493. The number of nitrogens with one attached hydrogen (secondary N) is 1. The molecule has 1 aromatic rings. The summed E-state index contributed by atoms with van der Waals surface area (Å²) in [6.07, 6.45) is 1.76. The van der Waals surface area contributed by atoms with Gasteiger partial charge < -0.3 is 16.0 Å². The SMILES string of the molecule is Cc1ncc(CN(C)C(=O)[C@H](NC(N)=O)C(C)(C)C)s1. The number of amides is 3. The third-order valence-corrected chi connectivity index (χ3v) is 3.74. The Morgan fingerprint density at radius 2 is 2.10 bits per heavy atom. The minimum atomic E-state index is -0.694. The fraction of sp³-hybridized carbons (Fsp3) is 0.615. The van der Waals surface area contributed by atoms with E-state index in [0.29, 0.717) is 6.54 Å². The van der Waals surface area contributed by atoms with Crippen LogP contribution in [0.15, 0.2) is 6.20 Å². The number of carbonyl (C=O) groups is 2. The highest BCUT2D eigenvalue weighted by atomic mass is 32.1. The minimum absolute atomic E-state index is 0.164. The summed E-state index contributed by atoms with van der Waals surface area (Å²) in [4.78, 5) is 30.3. The Hall–Kier alpha value is -1.63. The zero-order valence-electron chi connectivity index (χ0n) is 12.6. The number of carbonyl (C=O) groups excluding carboxylic acids is 2. The van der Waals surface area contributed by atoms with Crippen LogP contribution in [0.3, 0.4) is 0 Å². The van der Waals surface area contributed by atoms with E-state index >= 15 is 0 Å². The van der Waals surface area contributed by atoms with Crippen LogP contribution in [0.1, 0.15) is 30.7 Å². The molecule has 0 bridgehead atoms. The molecule has 0 saturated carbocycles. The van der Waals surface area contributed by atoms with Crippen LogP contribution in [0.5, 0.6) is 0 Å². The molecule has 1 rings (SSSR count). The highest BCUT2D eigenvalue weighted by Crippen LogP contribution is 2.22. The van der Waals surface area contributed by atoms with Gasteiger partial charge in [0, 0.05) is 18.1 Å². The molecule has 0 aromatic carbocycles. The fourth-order valence-electron chi connectivity index (χ4n) is 1.80. The van der Waals surface area contributed by atoms with E-state index in [0.717, 1.165) is 9.88 Å². The van der Waals surface area contributed by atoms with Crippen molar-refractivity contribution in [1.29, 1.82) is 0 Å². The summed E-state index contributed by atoms with van der Waals surface area (Å²) in [6, 6.07) is -1.35. The van der Waals surface area contributed by atoms with Crippen molar-refractivity contribution >= 4 is 23.3 Å². The summed E-state index contributed by atoms with van der Waals surface area (Å²) in [6.45, 7) is 8.04. The second-order valence-electron chi connectivity index (χ2n) is 5.85. The largest absolute Gasteiger partial charge is 0.352 e. The molecule has 0 spiro atoms. The number of hydrogen-bond acceptors (Lipinski definition) is 4. The summed E-state index contributed by atoms with van der Waals surface area (Å²) in [5.74, 6) is -0.164. The van der Waals surface area contributed by atoms with Gasteiger partial charge in [-0.15, -0.1) is 11.3 Å². The van der Waals surface area contributed by atoms with Gasteiger partial charge in [0.05, 0.1) is 11.6 Å². The first kappa shape index (κ1) is 16.4. The molecule has 0 unspecified atom stereocenters. The molecule has 0 aliphatic carbocycles. The van der Waals surface area contributed by atoms with Crippen LogP contribution < -0.4 is 11.1 Å². The van der Waals surface area contributed by atoms with E-state index < -0.39 is 17.5 Å². The van der Waals surface area contributed by atoms with E-state index in [1.165, 1.54) is 0 Å². The third-order valence-electron chi connectivity index (χ3n) is 2.84. The number of likely N-dealkylation sites (N-methyl/N-ethyl adjacent to an activating group) is 1. The van der Waals surface area contributed by atoms with Gasteiger partial charge in [0.25, 0.3) is 0 Å². The molecule has 0 saturated heterocycles. The first-order valence-corrected chi connectivity index (χ1v) is 7.15. The van der Waals surface area contributed by atoms with E-state index in [-0.39, 0.29) is 5.91 Å². The van der Waals surface area contributed by atoms with Gasteiger partial charge >= 0.3 is 6.03 Å². The topological polar surface area (TPSA) is 88.3 Å². The van der Waals surface area contributed by atoms with Crippen LogP contribution in [0.2, 0.25) is 0 Å². The smallest absolute Gasteiger partial charge is 0.312 e. The number of hydrogen-bond donors (Lipinski definition) is 2. The minimum Gasteiger partial charge on any atom is -0.352 e. The number of nitrogens with two attached hydrogens (primary N) is 1. The molecule has 0 aliphatic heterocycles. The normalized spacial score (nSPS) is 12.8. The first-order chi connectivity index (χ1) is 9.11. The zero-order chi connectivity index (χ0) is 15.5. The van der Waals surface area contributed by atoms with Gasteiger partial charge in [-0.25, -0.2) is 9.78 Å². The molecule has 0 fully saturated rings. The van der Waals surface area contributed by atoms with E-state index in [4.69, 9.17) is 5.73 Å². The lowest BCUT2D eigenvalue weighted by atomic mass is 9.86. The van der Waals surface area contributed by atoms with Crippen molar-refractivity contribution in [2.45, 2.75) is 40.3 Å². The number of thiazole rings is 1. The molecule has 3 amide bonds. The number of aryl methyl sites for hydroxylation is 1. The van der Waals surface area contributed by atoms with E-state index in [2.05, 4.69) is 10.3 Å². The molecule has 1 atom stereocenters. The highest BCUT2D eigenvalue weighted by molar-refractivity contribution is 7.11. The van der Waals surface area contributed by atoms with Crippen molar-refractivity contribution in [3.8, 4) is 0 Å². The maximum absolute atomic E-state index is 12.5. The van der Waals surface area contributed by atoms with Crippen molar-refractivity contribution in [2.24, 2.45) is 11.1 Å². The second kappa shape index (κ2) is 6.21. The van der Waals surface area contributed by atoms with Gasteiger partial charge in [-0.3, -0.25) is 4.79 Å². The van der Waals surface area contributed by atoms with E-state index in [9.17, 15) is 9.59 Å². The van der Waals surface area contributed by atoms with Gasteiger partial charge in [-0.1, -0.05) is 20.8 Å². The van der Waals surface area contributed by atoms with E-state index in [1.807, 2.05) is 27.7 Å². The highest BCUT2D eigenvalue weighted by Gasteiger charge is 2.34. The predicted molar refractivity (Wildman–Crippen MR) is 79.3 cm³/mol. The van der Waals surface area contributed by atoms with Crippen LogP contribution in [-0.4, -0.2) is 34.9 Å². The van der Waals surface area contributed by atoms with Crippen LogP contribution in [0.25, 0.3) is 0 Å². The summed E-state index contributed by atoms with van der Waals surface area (Å²) >= 11 is 1.55. The maximum atomic E-state index is 12.5. The van der Waals surface area contributed by atoms with Crippen molar-refractivity contribution < 1.29 is 9.59 Å². The lowest BCUT2D eigenvalue weighted by Gasteiger charge is -2.32. The van der Waals surface area contributed by atoms with Crippen molar-refractivity contribution in [3.05, 3.63) is 16.1 Å². The molecule has 7 heteroatoms. The number of urea groups is 1. The molecule has 6 nitrogen and oxygen atoms in total. The Kier molecular flexibility index (Phi) is 5.10. The summed E-state index contributed by atoms with van der Waals surface area (Å²) in [5, 5.41) is 3.49. The lowest BCUT2D eigenvalue weighted by Crippen LogP contribution is -2.55. The van der Waals surface area contributed by atoms with Crippen molar-refractivity contribution in [2.75, 3.05) is 7.05 Å². The number of rotatable bonds is 4. The van der Waals surface area contributed by atoms with Crippen LogP contribution in [-0.2, 0) is 11.3 Å². The maximum Gasteiger partial charge on any atom is 0.312 e. The molecule has 20 heavy (non-hydrogen) atoms. The monoisotopic (exact) mass is 298 g/mol. The Labute approximate surface area is 123 Å². The molecule has 1 heterocycles. The summed E-state index contributed by atoms with van der Waals surface area (Å²) < 4.78 is 0. The zero-order valence-corrected chi connectivity index (χ0v) is 13.4. The molecule has 0 aliphatic rings. The number of aromatic nitrogens is 1. The third kappa shape index (κ3) is 4.48. The molecule has 112 valence electrons. The Balaban J connectivity index is 2.80. The molecular formula is C13H22N4O2S.